The first-order valence-electron chi connectivity index (χ1n) is 6.18. The van der Waals surface area contributed by atoms with Crippen LogP contribution in [0.3, 0.4) is 0 Å². The molecule has 5 heteroatoms. The molecule has 0 heterocycles. The van der Waals surface area contributed by atoms with Crippen LogP contribution in [-0.4, -0.2) is 34.2 Å². The number of rotatable bonds is 5. The van der Waals surface area contributed by atoms with Crippen molar-refractivity contribution in [2.75, 3.05) is 0 Å². The van der Waals surface area contributed by atoms with Crippen molar-refractivity contribution in [2.24, 2.45) is 5.92 Å². The van der Waals surface area contributed by atoms with Gasteiger partial charge in [0.05, 0.1) is 6.04 Å². The number of aliphatic carboxylic acids is 1. The largest absolute Gasteiger partial charge is 0.479 e. The summed E-state index contributed by atoms with van der Waals surface area (Å²) in [5.74, 6) is -1.17. The lowest BCUT2D eigenvalue weighted by atomic mass is 9.83. The second kappa shape index (κ2) is 6.59. The number of carboxylic acid groups (broad SMARTS) is 1. The van der Waals surface area contributed by atoms with Gasteiger partial charge in [0.15, 0.2) is 6.10 Å². The van der Waals surface area contributed by atoms with Crippen LogP contribution >= 0.6 is 0 Å². The second-order valence-corrected chi connectivity index (χ2v) is 4.83. The Balaban J connectivity index is 2.55. The summed E-state index contributed by atoms with van der Waals surface area (Å²) in [6.07, 6.45) is 4.68. The first-order valence-corrected chi connectivity index (χ1v) is 6.18. The van der Waals surface area contributed by atoms with Gasteiger partial charge >= 0.3 is 5.97 Å². The van der Waals surface area contributed by atoms with Gasteiger partial charge in [0.25, 0.3) is 0 Å². The lowest BCUT2D eigenvalue weighted by Crippen LogP contribution is -2.47. The lowest BCUT2D eigenvalue weighted by Gasteiger charge is -2.28. The van der Waals surface area contributed by atoms with E-state index in [-0.39, 0.29) is 5.91 Å². The third kappa shape index (κ3) is 4.73. The van der Waals surface area contributed by atoms with E-state index in [1.165, 1.54) is 13.3 Å². The molecule has 3 N–H and O–H groups in total. The predicted octanol–water partition coefficient (Wildman–Crippen LogP) is 0.907. The number of aliphatic hydroxyl groups is 1. The van der Waals surface area contributed by atoms with Crippen molar-refractivity contribution >= 4 is 11.9 Å². The molecular weight excluding hydrogens is 222 g/mol. The normalized spacial score (nSPS) is 20.6. The van der Waals surface area contributed by atoms with Gasteiger partial charge in [-0.2, -0.15) is 0 Å². The molecule has 1 saturated carbocycles. The molecule has 5 nitrogen and oxygen atoms in total. The Hall–Kier alpha value is -1.10. The fraction of sp³-hybridized carbons (Fsp3) is 0.833. The zero-order valence-corrected chi connectivity index (χ0v) is 10.2. The molecule has 1 aliphatic carbocycles. The smallest absolute Gasteiger partial charge is 0.334 e. The fourth-order valence-electron chi connectivity index (χ4n) is 2.48. The van der Waals surface area contributed by atoms with Crippen LogP contribution < -0.4 is 5.32 Å². The van der Waals surface area contributed by atoms with E-state index in [0.29, 0.717) is 12.3 Å². The number of hydrogen-bond donors (Lipinski definition) is 3. The van der Waals surface area contributed by atoms with Crippen molar-refractivity contribution in [1.82, 2.24) is 5.32 Å². The zero-order valence-electron chi connectivity index (χ0n) is 10.2. The Morgan fingerprint density at radius 2 is 1.88 bits per heavy atom. The number of carbonyl (C=O) groups excluding carboxylic acids is 1. The van der Waals surface area contributed by atoms with Gasteiger partial charge in [0.2, 0.25) is 5.91 Å². The first-order chi connectivity index (χ1) is 8.00. The van der Waals surface area contributed by atoms with Crippen LogP contribution in [0.25, 0.3) is 0 Å². The molecule has 0 aromatic rings. The van der Waals surface area contributed by atoms with Gasteiger partial charge < -0.3 is 15.5 Å². The number of amides is 1. The van der Waals surface area contributed by atoms with E-state index in [0.717, 1.165) is 25.7 Å². The monoisotopic (exact) mass is 243 g/mol. The average Bonchev–Trinajstić information content (AvgIpc) is 2.28. The van der Waals surface area contributed by atoms with Crippen molar-refractivity contribution in [1.29, 1.82) is 0 Å². The summed E-state index contributed by atoms with van der Waals surface area (Å²) in [7, 11) is 0. The summed E-state index contributed by atoms with van der Waals surface area (Å²) in [6.45, 7) is 1.34. The van der Waals surface area contributed by atoms with Gasteiger partial charge in [-0.15, -0.1) is 0 Å². The van der Waals surface area contributed by atoms with Crippen LogP contribution in [0.5, 0.6) is 0 Å². The molecule has 1 aliphatic rings. The summed E-state index contributed by atoms with van der Waals surface area (Å²) in [4.78, 5) is 21.8. The van der Waals surface area contributed by atoms with E-state index in [1.54, 1.807) is 0 Å². The molecular formula is C12H21NO4. The number of aliphatic hydroxyl groups excluding tert-OH is 1. The van der Waals surface area contributed by atoms with Crippen LogP contribution in [0, 0.1) is 5.92 Å². The van der Waals surface area contributed by atoms with Gasteiger partial charge in [-0.3, -0.25) is 4.79 Å². The molecule has 0 aliphatic heterocycles. The molecule has 17 heavy (non-hydrogen) atoms. The minimum absolute atomic E-state index is 0.300. The van der Waals surface area contributed by atoms with Crippen LogP contribution in [-0.2, 0) is 9.59 Å². The van der Waals surface area contributed by atoms with Gasteiger partial charge in [0.1, 0.15) is 0 Å². The maximum Gasteiger partial charge on any atom is 0.334 e. The molecule has 2 atom stereocenters. The average molecular weight is 243 g/mol. The van der Waals surface area contributed by atoms with E-state index >= 15 is 0 Å². The van der Waals surface area contributed by atoms with Crippen LogP contribution in [0.1, 0.15) is 45.4 Å². The number of nitrogens with one attached hydrogen (secondary N) is 1. The molecule has 0 radical (unpaired) electrons. The molecule has 1 fully saturated rings. The standard InChI is InChI=1S/C12H21NO4/c1-8(14)13-10(11(15)12(16)17)7-9-5-3-2-4-6-9/h9-11,15H,2-7H2,1H3,(H,13,14)(H,16,17). The molecule has 0 aromatic heterocycles. The maximum absolute atomic E-state index is 11.0. The molecule has 0 bridgehead atoms. The van der Waals surface area contributed by atoms with Crippen LogP contribution in [0.15, 0.2) is 0 Å². The number of carbonyl (C=O) groups is 2. The molecule has 0 saturated heterocycles. The van der Waals surface area contributed by atoms with Crippen molar-refractivity contribution in [3.8, 4) is 0 Å². The van der Waals surface area contributed by atoms with Crippen molar-refractivity contribution in [2.45, 2.75) is 57.6 Å². The summed E-state index contributed by atoms with van der Waals surface area (Å²) < 4.78 is 0. The zero-order chi connectivity index (χ0) is 12.8. The summed E-state index contributed by atoms with van der Waals surface area (Å²) in [5.41, 5.74) is 0. The minimum atomic E-state index is -1.51. The molecule has 0 aromatic carbocycles. The van der Waals surface area contributed by atoms with Gasteiger partial charge in [-0.25, -0.2) is 4.79 Å². The third-order valence-electron chi connectivity index (χ3n) is 3.33. The Morgan fingerprint density at radius 3 is 2.35 bits per heavy atom. The highest BCUT2D eigenvalue weighted by atomic mass is 16.4. The molecule has 98 valence electrons. The Labute approximate surface area is 101 Å². The third-order valence-corrected chi connectivity index (χ3v) is 3.33. The summed E-state index contributed by atoms with van der Waals surface area (Å²) >= 11 is 0. The molecule has 1 rings (SSSR count). The van der Waals surface area contributed by atoms with Crippen LogP contribution in [0.4, 0.5) is 0 Å². The molecule has 0 spiro atoms. The van der Waals surface area contributed by atoms with Crippen molar-refractivity contribution < 1.29 is 19.8 Å². The highest BCUT2D eigenvalue weighted by molar-refractivity contribution is 5.77. The summed E-state index contributed by atoms with van der Waals surface area (Å²) in [6, 6.07) is -0.673. The molecule has 1 amide bonds. The Kier molecular flexibility index (Phi) is 5.41. The lowest BCUT2D eigenvalue weighted by molar-refractivity contribution is -0.148. The van der Waals surface area contributed by atoms with Crippen molar-refractivity contribution in [3.63, 3.8) is 0 Å². The van der Waals surface area contributed by atoms with Gasteiger partial charge in [-0.1, -0.05) is 32.1 Å². The predicted molar refractivity (Wildman–Crippen MR) is 62.4 cm³/mol. The highest BCUT2D eigenvalue weighted by Gasteiger charge is 2.29. The van der Waals surface area contributed by atoms with Gasteiger partial charge in [-0.05, 0) is 12.3 Å². The highest BCUT2D eigenvalue weighted by Crippen LogP contribution is 2.28. The van der Waals surface area contributed by atoms with E-state index < -0.39 is 18.1 Å². The Morgan fingerprint density at radius 1 is 1.29 bits per heavy atom. The van der Waals surface area contributed by atoms with Gasteiger partial charge in [0, 0.05) is 6.92 Å². The van der Waals surface area contributed by atoms with Crippen LogP contribution in [0.2, 0.25) is 0 Å². The quantitative estimate of drug-likeness (QED) is 0.669. The van der Waals surface area contributed by atoms with E-state index in [4.69, 9.17) is 5.11 Å². The second-order valence-electron chi connectivity index (χ2n) is 4.83. The van der Waals surface area contributed by atoms with E-state index in [2.05, 4.69) is 5.32 Å². The summed E-state index contributed by atoms with van der Waals surface area (Å²) in [5, 5.41) is 20.9. The first kappa shape index (κ1) is 14.0. The van der Waals surface area contributed by atoms with E-state index in [1.807, 2.05) is 0 Å². The topological polar surface area (TPSA) is 86.6 Å². The van der Waals surface area contributed by atoms with Crippen molar-refractivity contribution in [3.05, 3.63) is 0 Å². The number of hydrogen-bond acceptors (Lipinski definition) is 3. The Bertz CT molecular complexity index is 274. The molecule has 2 unspecified atom stereocenters. The fourth-order valence-corrected chi connectivity index (χ4v) is 2.48. The SMILES string of the molecule is CC(=O)NC(CC1CCCCC1)C(O)C(=O)O. The van der Waals surface area contributed by atoms with E-state index in [9.17, 15) is 14.7 Å². The minimum Gasteiger partial charge on any atom is -0.479 e. The number of carboxylic acids is 1. The maximum atomic E-state index is 11.0.